The highest BCUT2D eigenvalue weighted by Gasteiger charge is 2.39. The van der Waals surface area contributed by atoms with E-state index in [-0.39, 0.29) is 23.4 Å². The van der Waals surface area contributed by atoms with Gasteiger partial charge in [-0.25, -0.2) is 0 Å². The van der Waals surface area contributed by atoms with Crippen LogP contribution in [0.2, 0.25) is 0 Å². The highest BCUT2D eigenvalue weighted by atomic mass is 16.5. The smallest absolute Gasteiger partial charge is 0.223 e. The summed E-state index contributed by atoms with van der Waals surface area (Å²) < 4.78 is 5.25. The molecule has 2 aliphatic rings. The number of benzene rings is 1. The molecule has 0 bridgehead atoms. The van der Waals surface area contributed by atoms with E-state index in [9.17, 15) is 4.79 Å². The van der Waals surface area contributed by atoms with Crippen molar-refractivity contribution in [2.24, 2.45) is 11.7 Å². The second-order valence-electron chi connectivity index (χ2n) is 7.13. The summed E-state index contributed by atoms with van der Waals surface area (Å²) in [5.41, 5.74) is 7.05. The van der Waals surface area contributed by atoms with Crippen LogP contribution >= 0.6 is 0 Å². The highest BCUT2D eigenvalue weighted by molar-refractivity contribution is 5.80. The number of nitrogens with one attached hydrogen (secondary N) is 1. The molecule has 0 saturated heterocycles. The molecule has 0 aromatic heterocycles. The van der Waals surface area contributed by atoms with Crippen molar-refractivity contribution in [1.82, 2.24) is 5.32 Å². The summed E-state index contributed by atoms with van der Waals surface area (Å²) >= 11 is 0. The molecule has 0 radical (unpaired) electrons. The van der Waals surface area contributed by atoms with Gasteiger partial charge in [-0.15, -0.1) is 0 Å². The van der Waals surface area contributed by atoms with Gasteiger partial charge in [-0.1, -0.05) is 31.4 Å². The number of hydrogen-bond acceptors (Lipinski definition) is 3. The fraction of sp³-hybridized carbons (Fsp3) is 0.632. The standard InChI is InChI=1S/C19H28N2O2/c1-23-17-9-7-15(8-10-17)19(11-2-3-12-19)21-18(22)14-5-4-6-16(20)13-14/h7-10,14,16H,2-6,11-13,20H2,1H3,(H,21,22). The van der Waals surface area contributed by atoms with Crippen LogP contribution < -0.4 is 15.8 Å². The van der Waals surface area contributed by atoms with Gasteiger partial charge in [-0.05, 0) is 49.8 Å². The van der Waals surface area contributed by atoms with Gasteiger partial charge in [0, 0.05) is 12.0 Å². The molecule has 2 saturated carbocycles. The minimum absolute atomic E-state index is 0.0782. The maximum atomic E-state index is 12.8. The minimum Gasteiger partial charge on any atom is -0.497 e. The van der Waals surface area contributed by atoms with Gasteiger partial charge < -0.3 is 15.8 Å². The molecule has 1 amide bonds. The lowest BCUT2D eigenvalue weighted by Crippen LogP contribution is -2.48. The van der Waals surface area contributed by atoms with E-state index in [1.54, 1.807) is 7.11 Å². The van der Waals surface area contributed by atoms with E-state index in [0.29, 0.717) is 0 Å². The molecule has 0 aliphatic heterocycles. The molecule has 3 N–H and O–H groups in total. The van der Waals surface area contributed by atoms with Gasteiger partial charge in [0.1, 0.15) is 5.75 Å². The second-order valence-corrected chi connectivity index (χ2v) is 7.13. The van der Waals surface area contributed by atoms with E-state index >= 15 is 0 Å². The van der Waals surface area contributed by atoms with Crippen LogP contribution in [0.15, 0.2) is 24.3 Å². The van der Waals surface area contributed by atoms with Crippen LogP contribution in [0.4, 0.5) is 0 Å². The van der Waals surface area contributed by atoms with Gasteiger partial charge in [0.2, 0.25) is 5.91 Å². The van der Waals surface area contributed by atoms with Crippen molar-refractivity contribution in [3.05, 3.63) is 29.8 Å². The van der Waals surface area contributed by atoms with Gasteiger partial charge in [-0.2, -0.15) is 0 Å². The average Bonchev–Trinajstić information content (AvgIpc) is 3.04. The van der Waals surface area contributed by atoms with Crippen molar-refractivity contribution in [2.45, 2.75) is 62.9 Å². The lowest BCUT2D eigenvalue weighted by Gasteiger charge is -2.34. The largest absolute Gasteiger partial charge is 0.497 e. The fourth-order valence-electron chi connectivity index (χ4n) is 4.18. The van der Waals surface area contributed by atoms with E-state index in [0.717, 1.165) is 57.1 Å². The Balaban J connectivity index is 1.76. The van der Waals surface area contributed by atoms with E-state index in [1.165, 1.54) is 5.56 Å². The first-order valence-corrected chi connectivity index (χ1v) is 8.85. The molecular weight excluding hydrogens is 288 g/mol. The van der Waals surface area contributed by atoms with Crippen LogP contribution in [0.1, 0.15) is 56.9 Å². The van der Waals surface area contributed by atoms with Crippen LogP contribution in [-0.2, 0) is 10.3 Å². The molecule has 0 heterocycles. The maximum absolute atomic E-state index is 12.8. The first-order chi connectivity index (χ1) is 11.1. The molecule has 2 unspecified atom stereocenters. The zero-order chi connectivity index (χ0) is 16.3. The molecule has 23 heavy (non-hydrogen) atoms. The predicted molar refractivity (Wildman–Crippen MR) is 91.2 cm³/mol. The van der Waals surface area contributed by atoms with Crippen molar-refractivity contribution < 1.29 is 9.53 Å². The van der Waals surface area contributed by atoms with E-state index in [1.807, 2.05) is 12.1 Å². The number of carbonyl (C=O) groups is 1. The minimum atomic E-state index is -0.203. The number of hydrogen-bond donors (Lipinski definition) is 2. The number of amides is 1. The Morgan fingerprint density at radius 3 is 2.48 bits per heavy atom. The van der Waals surface area contributed by atoms with Gasteiger partial charge in [-0.3, -0.25) is 4.79 Å². The number of nitrogens with two attached hydrogens (primary N) is 1. The Kier molecular flexibility index (Phi) is 4.90. The molecule has 0 spiro atoms. The van der Waals surface area contributed by atoms with Gasteiger partial charge in [0.25, 0.3) is 0 Å². The maximum Gasteiger partial charge on any atom is 0.223 e. The van der Waals surface area contributed by atoms with Gasteiger partial charge in [0.05, 0.1) is 12.6 Å². The lowest BCUT2D eigenvalue weighted by atomic mass is 9.83. The summed E-state index contributed by atoms with van der Waals surface area (Å²) in [4.78, 5) is 12.8. The summed E-state index contributed by atoms with van der Waals surface area (Å²) in [5.74, 6) is 1.12. The Morgan fingerprint density at radius 2 is 1.87 bits per heavy atom. The summed E-state index contributed by atoms with van der Waals surface area (Å²) in [5, 5.41) is 3.40. The third kappa shape index (κ3) is 3.52. The SMILES string of the molecule is COc1ccc(C2(NC(=O)C3CCCC(N)C3)CCCC2)cc1. The van der Waals surface area contributed by atoms with Crippen LogP contribution in [0.3, 0.4) is 0 Å². The molecule has 2 atom stereocenters. The molecule has 2 aliphatic carbocycles. The Bertz CT molecular complexity index is 535. The van der Waals surface area contributed by atoms with Crippen LogP contribution in [0.25, 0.3) is 0 Å². The molecule has 1 aromatic carbocycles. The number of ether oxygens (including phenoxy) is 1. The van der Waals surface area contributed by atoms with Crippen molar-refractivity contribution >= 4 is 5.91 Å². The van der Waals surface area contributed by atoms with Crippen molar-refractivity contribution in [3.63, 3.8) is 0 Å². The second kappa shape index (κ2) is 6.91. The first kappa shape index (κ1) is 16.3. The lowest BCUT2D eigenvalue weighted by molar-refractivity contribution is -0.128. The third-order valence-electron chi connectivity index (χ3n) is 5.55. The molecule has 1 aromatic rings. The Hall–Kier alpha value is -1.55. The third-order valence-corrected chi connectivity index (χ3v) is 5.55. The van der Waals surface area contributed by atoms with E-state index in [2.05, 4.69) is 17.4 Å². The van der Waals surface area contributed by atoms with Crippen LogP contribution in [0.5, 0.6) is 5.75 Å². The quantitative estimate of drug-likeness (QED) is 0.897. The Morgan fingerprint density at radius 1 is 1.17 bits per heavy atom. The van der Waals surface area contributed by atoms with Crippen LogP contribution in [-0.4, -0.2) is 19.1 Å². The van der Waals surface area contributed by atoms with Crippen molar-refractivity contribution in [2.75, 3.05) is 7.11 Å². The van der Waals surface area contributed by atoms with E-state index in [4.69, 9.17) is 10.5 Å². The highest BCUT2D eigenvalue weighted by Crippen LogP contribution is 2.40. The fourth-order valence-corrected chi connectivity index (χ4v) is 4.18. The van der Waals surface area contributed by atoms with Gasteiger partial charge >= 0.3 is 0 Å². The summed E-state index contributed by atoms with van der Waals surface area (Å²) in [6, 6.07) is 8.34. The Labute approximate surface area is 138 Å². The topological polar surface area (TPSA) is 64.3 Å². The predicted octanol–water partition coefficient (Wildman–Crippen LogP) is 3.10. The molecule has 3 rings (SSSR count). The molecule has 4 nitrogen and oxygen atoms in total. The molecule has 4 heteroatoms. The monoisotopic (exact) mass is 316 g/mol. The van der Waals surface area contributed by atoms with Gasteiger partial charge in [0.15, 0.2) is 0 Å². The van der Waals surface area contributed by atoms with E-state index < -0.39 is 0 Å². The number of carbonyl (C=O) groups excluding carboxylic acids is 1. The van der Waals surface area contributed by atoms with Crippen molar-refractivity contribution in [1.29, 1.82) is 0 Å². The molecule has 2 fully saturated rings. The normalized spacial score (nSPS) is 26.7. The first-order valence-electron chi connectivity index (χ1n) is 8.85. The summed E-state index contributed by atoms with van der Waals surface area (Å²) in [6.45, 7) is 0. The zero-order valence-corrected chi connectivity index (χ0v) is 14.0. The van der Waals surface area contributed by atoms with Crippen LogP contribution in [0, 0.1) is 5.92 Å². The molecular formula is C19H28N2O2. The van der Waals surface area contributed by atoms with Crippen molar-refractivity contribution in [3.8, 4) is 5.75 Å². The average molecular weight is 316 g/mol. The number of methoxy groups -OCH3 is 1. The molecule has 126 valence electrons. The summed E-state index contributed by atoms with van der Waals surface area (Å²) in [6.07, 6.45) is 8.27. The zero-order valence-electron chi connectivity index (χ0n) is 14.0. The summed E-state index contributed by atoms with van der Waals surface area (Å²) in [7, 11) is 1.68. The number of rotatable bonds is 4.